The van der Waals surface area contributed by atoms with Crippen LogP contribution in [0.2, 0.25) is 0 Å². The highest BCUT2D eigenvalue weighted by atomic mass is 19.1. The van der Waals surface area contributed by atoms with E-state index in [4.69, 9.17) is 4.98 Å². The fraction of sp³-hybridized carbons (Fsp3) is 0.0222. The lowest BCUT2D eigenvalue weighted by atomic mass is 9.97. The molecule has 6 aromatic carbocycles. The largest absolute Gasteiger partial charge is 0.309 e. The maximum atomic E-state index is 16.9. The Labute approximate surface area is 291 Å². The van der Waals surface area contributed by atoms with Gasteiger partial charge < -0.3 is 4.57 Å². The topological polar surface area (TPSA) is 40.0 Å². The highest BCUT2D eigenvalue weighted by molar-refractivity contribution is 6.19. The number of imidazole rings is 1. The molecule has 0 N–H and O–H groups in total. The first kappa shape index (κ1) is 28.1. The van der Waals surface area contributed by atoms with Gasteiger partial charge >= 0.3 is 0 Å². The lowest BCUT2D eigenvalue weighted by Crippen LogP contribution is -1.99. The summed E-state index contributed by atoms with van der Waals surface area (Å²) in [5, 5.41) is 7.61. The standard InChI is InChI=1S/C45H28FN5/c46-44(28-17-19-31-32-12-4-6-14-38(32)49-23-22-48-45(49)37(31)24-28)29-18-20-34-36-26-35-33-13-5-7-15-39(33)50(30-10-2-1-3-11-30)41(35)27-42(36)51(40(34)25-29)43-16-8-9-21-47-43/h1-27,44H. The fourth-order valence-electron chi connectivity index (χ4n) is 8.18. The molecule has 0 saturated carbocycles. The zero-order valence-corrected chi connectivity index (χ0v) is 27.3. The predicted octanol–water partition coefficient (Wildman–Crippen LogP) is 11.3. The van der Waals surface area contributed by atoms with Gasteiger partial charge in [0.2, 0.25) is 0 Å². The average molecular weight is 658 g/mol. The van der Waals surface area contributed by atoms with E-state index in [0.717, 1.165) is 71.7 Å². The first-order chi connectivity index (χ1) is 25.2. The van der Waals surface area contributed by atoms with Crippen LogP contribution in [0.1, 0.15) is 17.3 Å². The van der Waals surface area contributed by atoms with Gasteiger partial charge in [-0.25, -0.2) is 14.4 Å². The van der Waals surface area contributed by atoms with Crippen LogP contribution in [0.4, 0.5) is 4.39 Å². The van der Waals surface area contributed by atoms with Crippen molar-refractivity contribution in [2.75, 3.05) is 0 Å². The minimum atomic E-state index is -1.35. The molecule has 0 bridgehead atoms. The number of fused-ring (bicyclic) bond motifs is 12. The molecule has 0 fully saturated rings. The van der Waals surface area contributed by atoms with E-state index in [0.29, 0.717) is 11.1 Å². The molecule has 5 aromatic heterocycles. The van der Waals surface area contributed by atoms with E-state index in [2.05, 4.69) is 97.4 Å². The number of hydrogen-bond donors (Lipinski definition) is 0. The molecule has 11 aromatic rings. The highest BCUT2D eigenvalue weighted by Crippen LogP contribution is 2.41. The Kier molecular flexibility index (Phi) is 5.84. The van der Waals surface area contributed by atoms with Gasteiger partial charge in [-0.05, 0) is 77.2 Å². The maximum absolute atomic E-state index is 16.9. The summed E-state index contributed by atoms with van der Waals surface area (Å²) in [4.78, 5) is 9.47. The van der Waals surface area contributed by atoms with Crippen molar-refractivity contribution in [1.82, 2.24) is 23.5 Å². The van der Waals surface area contributed by atoms with Gasteiger partial charge in [0.15, 0.2) is 6.17 Å². The van der Waals surface area contributed by atoms with Crippen LogP contribution < -0.4 is 0 Å². The van der Waals surface area contributed by atoms with Crippen LogP contribution in [-0.4, -0.2) is 23.5 Å². The molecule has 1 unspecified atom stereocenters. The van der Waals surface area contributed by atoms with Gasteiger partial charge in [-0.1, -0.05) is 84.9 Å². The van der Waals surface area contributed by atoms with Crippen LogP contribution in [-0.2, 0) is 0 Å². The molecule has 0 radical (unpaired) electrons. The Morgan fingerprint density at radius 2 is 1.08 bits per heavy atom. The third kappa shape index (κ3) is 4.01. The van der Waals surface area contributed by atoms with Gasteiger partial charge in [0.25, 0.3) is 0 Å². The second kappa shape index (κ2) is 10.6. The molecule has 0 aliphatic heterocycles. The van der Waals surface area contributed by atoms with Gasteiger partial charge in [0.05, 0.1) is 27.6 Å². The molecular formula is C45H28FN5. The van der Waals surface area contributed by atoms with Crippen LogP contribution in [0.25, 0.3) is 82.4 Å². The molecule has 6 heteroatoms. The number of benzene rings is 6. The Balaban J connectivity index is 1.15. The predicted molar refractivity (Wildman–Crippen MR) is 206 cm³/mol. The Bertz CT molecular complexity index is 3150. The summed E-state index contributed by atoms with van der Waals surface area (Å²) in [7, 11) is 0. The molecule has 11 rings (SSSR count). The van der Waals surface area contributed by atoms with Crippen molar-refractivity contribution < 1.29 is 4.39 Å². The maximum Gasteiger partial charge on any atom is 0.150 e. The SMILES string of the molecule is FC(c1ccc2c3ccccc3n3ccnc3c2c1)c1ccc2c3cc4c5ccccc5n(-c5ccccc5)c4cc3n(-c3ccccn3)c2c1. The number of alkyl halides is 1. The summed E-state index contributed by atoms with van der Waals surface area (Å²) in [6.45, 7) is 0. The van der Waals surface area contributed by atoms with Crippen LogP contribution in [0.15, 0.2) is 164 Å². The third-order valence-corrected chi connectivity index (χ3v) is 10.4. The lowest BCUT2D eigenvalue weighted by Gasteiger charge is -2.14. The molecule has 0 saturated heterocycles. The van der Waals surface area contributed by atoms with E-state index in [9.17, 15) is 0 Å². The Morgan fingerprint density at radius 1 is 0.431 bits per heavy atom. The van der Waals surface area contributed by atoms with E-state index in [1.165, 1.54) is 10.8 Å². The van der Waals surface area contributed by atoms with Gasteiger partial charge in [-0.2, -0.15) is 0 Å². The van der Waals surface area contributed by atoms with Crippen LogP contribution in [0.5, 0.6) is 0 Å². The number of hydrogen-bond acceptors (Lipinski definition) is 2. The van der Waals surface area contributed by atoms with Crippen molar-refractivity contribution in [3.05, 3.63) is 175 Å². The number of aromatic nitrogens is 5. The summed E-state index contributed by atoms with van der Waals surface area (Å²) in [5.74, 6) is 0.783. The van der Waals surface area contributed by atoms with Gasteiger partial charge in [-0.15, -0.1) is 0 Å². The first-order valence-electron chi connectivity index (χ1n) is 17.1. The van der Waals surface area contributed by atoms with Crippen LogP contribution >= 0.6 is 0 Å². The minimum absolute atomic E-state index is 0.589. The molecule has 1 atom stereocenters. The number of rotatable bonds is 4. The summed E-state index contributed by atoms with van der Waals surface area (Å²) in [6.07, 6.45) is 4.23. The van der Waals surface area contributed by atoms with E-state index >= 15 is 4.39 Å². The number of para-hydroxylation sites is 3. The average Bonchev–Trinajstić information content (AvgIpc) is 3.90. The second-order valence-electron chi connectivity index (χ2n) is 13.2. The van der Waals surface area contributed by atoms with Crippen molar-refractivity contribution in [2.24, 2.45) is 0 Å². The number of nitrogens with zero attached hydrogens (tertiary/aromatic N) is 5. The van der Waals surface area contributed by atoms with Gasteiger partial charge in [-0.3, -0.25) is 8.97 Å². The van der Waals surface area contributed by atoms with Gasteiger partial charge in [0.1, 0.15) is 11.5 Å². The van der Waals surface area contributed by atoms with Gasteiger partial charge in [0, 0.05) is 56.6 Å². The third-order valence-electron chi connectivity index (χ3n) is 10.4. The molecule has 0 amide bonds. The minimum Gasteiger partial charge on any atom is -0.309 e. The second-order valence-corrected chi connectivity index (χ2v) is 13.2. The molecule has 5 nitrogen and oxygen atoms in total. The number of pyridine rings is 2. The number of halogens is 1. The summed E-state index contributed by atoms with van der Waals surface area (Å²) in [6, 6.07) is 49.7. The molecule has 5 heterocycles. The molecule has 0 aliphatic rings. The Hall–Kier alpha value is -6.79. The summed E-state index contributed by atoms with van der Waals surface area (Å²) < 4.78 is 23.5. The smallest absolute Gasteiger partial charge is 0.150 e. The van der Waals surface area contributed by atoms with E-state index < -0.39 is 6.17 Å². The zero-order valence-electron chi connectivity index (χ0n) is 27.3. The molecular weight excluding hydrogens is 630 g/mol. The lowest BCUT2D eigenvalue weighted by molar-refractivity contribution is 0.402. The van der Waals surface area contributed by atoms with Crippen molar-refractivity contribution in [2.45, 2.75) is 6.17 Å². The van der Waals surface area contributed by atoms with E-state index in [-0.39, 0.29) is 0 Å². The van der Waals surface area contributed by atoms with Crippen molar-refractivity contribution in [1.29, 1.82) is 0 Å². The fourth-order valence-corrected chi connectivity index (χ4v) is 8.18. The first-order valence-corrected chi connectivity index (χ1v) is 17.1. The molecule has 0 aliphatic carbocycles. The quantitative estimate of drug-likeness (QED) is 0.177. The van der Waals surface area contributed by atoms with Crippen LogP contribution in [0, 0.1) is 0 Å². The van der Waals surface area contributed by atoms with Crippen molar-refractivity contribution in [3.63, 3.8) is 0 Å². The van der Waals surface area contributed by atoms with E-state index in [1.54, 1.807) is 6.20 Å². The summed E-state index contributed by atoms with van der Waals surface area (Å²) in [5.41, 5.74) is 8.37. The molecule has 0 spiro atoms. The van der Waals surface area contributed by atoms with Crippen molar-refractivity contribution in [3.8, 4) is 11.5 Å². The molecule has 240 valence electrons. The molecule has 51 heavy (non-hydrogen) atoms. The van der Waals surface area contributed by atoms with E-state index in [1.807, 2.05) is 79.1 Å². The zero-order chi connectivity index (χ0) is 33.6. The monoisotopic (exact) mass is 657 g/mol. The Morgan fingerprint density at radius 3 is 1.88 bits per heavy atom. The van der Waals surface area contributed by atoms with Crippen molar-refractivity contribution >= 4 is 70.9 Å². The highest BCUT2D eigenvalue weighted by Gasteiger charge is 2.22. The van der Waals surface area contributed by atoms with Crippen LogP contribution in [0.3, 0.4) is 0 Å². The normalized spacial score (nSPS) is 12.7. The summed E-state index contributed by atoms with van der Waals surface area (Å²) >= 11 is 0.